The number of fused-ring (bicyclic) bond motifs is 1. The van der Waals surface area contributed by atoms with Gasteiger partial charge in [0.05, 0.1) is 13.1 Å². The number of halogens is 2. The van der Waals surface area contributed by atoms with Gasteiger partial charge in [-0.3, -0.25) is 9.78 Å². The van der Waals surface area contributed by atoms with Gasteiger partial charge < -0.3 is 20.1 Å². The Hall–Kier alpha value is -3.89. The molecule has 0 aliphatic carbocycles. The molecule has 0 fully saturated rings. The number of anilines is 1. The van der Waals surface area contributed by atoms with Crippen molar-refractivity contribution in [1.82, 2.24) is 10.3 Å². The van der Waals surface area contributed by atoms with Gasteiger partial charge in [-0.2, -0.15) is 4.39 Å². The van der Waals surface area contributed by atoms with E-state index in [1.807, 2.05) is 32.1 Å². The van der Waals surface area contributed by atoms with Crippen LogP contribution in [0.25, 0.3) is 4.91 Å². The highest BCUT2D eigenvalue weighted by atomic mass is 35.5. The molecular weight excluding hydrogens is 529 g/mol. The summed E-state index contributed by atoms with van der Waals surface area (Å²) in [5.74, 6) is 1.41. The minimum atomic E-state index is -0.488. The van der Waals surface area contributed by atoms with Crippen molar-refractivity contribution < 1.29 is 18.7 Å². The molecule has 0 bridgehead atoms. The molecule has 1 aromatic heterocycles. The molecular formula is C27H25ClFN5O3S. The van der Waals surface area contributed by atoms with Gasteiger partial charge in [-0.15, -0.1) is 0 Å². The van der Waals surface area contributed by atoms with Gasteiger partial charge in [0.15, 0.2) is 0 Å². The van der Waals surface area contributed by atoms with Crippen molar-refractivity contribution in [3.05, 3.63) is 82.6 Å². The van der Waals surface area contributed by atoms with Gasteiger partial charge in [0.1, 0.15) is 22.9 Å². The van der Waals surface area contributed by atoms with Crippen molar-refractivity contribution in [2.24, 2.45) is 9.98 Å². The van der Waals surface area contributed by atoms with E-state index in [1.54, 1.807) is 43.4 Å². The largest absolute Gasteiger partial charge is 0.457 e. The van der Waals surface area contributed by atoms with Crippen molar-refractivity contribution in [3.63, 3.8) is 0 Å². The van der Waals surface area contributed by atoms with Crippen LogP contribution in [0.3, 0.4) is 0 Å². The monoisotopic (exact) mass is 553 g/mol. The number of aliphatic imine (C=N–C) groups is 2. The van der Waals surface area contributed by atoms with E-state index in [9.17, 15) is 9.18 Å². The van der Waals surface area contributed by atoms with Crippen LogP contribution >= 0.6 is 23.4 Å². The number of carbonyl (C=O) groups excluding carboxylic acids is 1. The summed E-state index contributed by atoms with van der Waals surface area (Å²) in [6.07, 6.45) is 3.34. The fraction of sp³-hybridized carbons (Fsp3) is 0.185. The molecule has 5 rings (SSSR count). The number of hydrogen-bond acceptors (Lipinski definition) is 8. The van der Waals surface area contributed by atoms with Crippen LogP contribution in [0.1, 0.15) is 35.5 Å². The molecule has 38 heavy (non-hydrogen) atoms. The highest BCUT2D eigenvalue weighted by Crippen LogP contribution is 2.37. The van der Waals surface area contributed by atoms with Crippen molar-refractivity contribution in [2.45, 2.75) is 20.4 Å². The summed E-state index contributed by atoms with van der Waals surface area (Å²) < 4.78 is 25.5. The van der Waals surface area contributed by atoms with Crippen LogP contribution in [0, 0.1) is 0 Å². The molecule has 0 saturated carbocycles. The molecule has 0 atom stereocenters. The van der Waals surface area contributed by atoms with E-state index in [0.717, 1.165) is 17.3 Å². The second-order valence-corrected chi connectivity index (χ2v) is 9.02. The predicted molar refractivity (Wildman–Crippen MR) is 151 cm³/mol. The molecule has 2 aliphatic rings. The first kappa shape index (κ1) is 27.2. The first-order valence-electron chi connectivity index (χ1n) is 11.8. The summed E-state index contributed by atoms with van der Waals surface area (Å²) in [4.78, 5) is 24.7. The van der Waals surface area contributed by atoms with Crippen molar-refractivity contribution in [2.75, 3.05) is 18.9 Å². The normalized spacial score (nSPS) is 13.9. The highest BCUT2D eigenvalue weighted by Gasteiger charge is 2.18. The lowest BCUT2D eigenvalue weighted by atomic mass is 10.1. The summed E-state index contributed by atoms with van der Waals surface area (Å²) in [5, 5.41) is 5.70. The first-order valence-corrected chi connectivity index (χ1v) is 13.0. The molecule has 0 spiro atoms. The minimum Gasteiger partial charge on any atom is -0.457 e. The number of hydrogen-bond donors (Lipinski definition) is 2. The number of amides is 1. The number of nitrogens with zero attached hydrogens (tertiary/aromatic N) is 3. The maximum Gasteiger partial charge on any atom is 0.295 e. The van der Waals surface area contributed by atoms with Gasteiger partial charge in [-0.1, -0.05) is 25.4 Å². The van der Waals surface area contributed by atoms with Gasteiger partial charge in [-0.05, 0) is 60.3 Å². The van der Waals surface area contributed by atoms with Gasteiger partial charge in [0, 0.05) is 46.1 Å². The standard InChI is InChI=1S/C25H19ClFN5O3S.C2H6/c1-28-23(33)20-12-17(6-8-29-20)34-16-3-5-21-14(10-16)13-31-25(35-21)32-15-2-4-19(26)18(11-15)22-7-9-30-24(27)36-22;1-2/h2-8,10-12H,9,13H2,1H3,(H,28,33)(H,31,32);1-2H3. The molecule has 3 heterocycles. The molecule has 2 aromatic carbocycles. The maximum absolute atomic E-state index is 13.6. The third kappa shape index (κ3) is 6.51. The lowest BCUT2D eigenvalue weighted by Crippen LogP contribution is -2.23. The molecule has 196 valence electrons. The van der Waals surface area contributed by atoms with Gasteiger partial charge >= 0.3 is 0 Å². The maximum atomic E-state index is 13.6. The quantitative estimate of drug-likeness (QED) is 0.365. The van der Waals surface area contributed by atoms with Gasteiger partial charge in [0.25, 0.3) is 11.9 Å². The van der Waals surface area contributed by atoms with E-state index in [1.165, 1.54) is 6.20 Å². The number of ether oxygens (including phenoxy) is 2. The summed E-state index contributed by atoms with van der Waals surface area (Å²) in [7, 11) is 1.54. The van der Waals surface area contributed by atoms with Gasteiger partial charge in [0.2, 0.25) is 5.30 Å². The van der Waals surface area contributed by atoms with Crippen LogP contribution in [0.4, 0.5) is 10.1 Å². The third-order valence-corrected chi connectivity index (χ3v) is 6.46. The smallest absolute Gasteiger partial charge is 0.295 e. The van der Waals surface area contributed by atoms with Crippen molar-refractivity contribution >= 4 is 51.2 Å². The van der Waals surface area contributed by atoms with E-state index in [0.29, 0.717) is 51.0 Å². The zero-order valence-electron chi connectivity index (χ0n) is 20.9. The van der Waals surface area contributed by atoms with E-state index in [4.69, 9.17) is 21.1 Å². The van der Waals surface area contributed by atoms with E-state index >= 15 is 0 Å². The van der Waals surface area contributed by atoms with Crippen LogP contribution in [0.5, 0.6) is 17.2 Å². The molecule has 1 amide bonds. The van der Waals surface area contributed by atoms with Crippen LogP contribution in [-0.2, 0) is 6.54 Å². The second kappa shape index (κ2) is 12.6. The fourth-order valence-corrected chi connectivity index (χ4v) is 4.54. The zero-order valence-corrected chi connectivity index (χ0v) is 22.5. The van der Waals surface area contributed by atoms with Gasteiger partial charge in [-0.25, -0.2) is 9.98 Å². The molecule has 2 aliphatic heterocycles. The number of benzene rings is 2. The average molecular weight is 554 g/mol. The minimum absolute atomic E-state index is 0.263. The Bertz CT molecular complexity index is 1440. The lowest BCUT2D eigenvalue weighted by Gasteiger charge is -2.19. The average Bonchev–Trinajstić information content (AvgIpc) is 2.95. The number of amidine groups is 1. The summed E-state index contributed by atoms with van der Waals surface area (Å²) in [6, 6.07) is 14.3. The van der Waals surface area contributed by atoms with E-state index < -0.39 is 5.30 Å². The summed E-state index contributed by atoms with van der Waals surface area (Å²) in [6.45, 7) is 4.65. The topological polar surface area (TPSA) is 97.2 Å². The number of thioether (sulfide) groups is 1. The Morgan fingerprint density at radius 2 is 1.92 bits per heavy atom. The Labute approximate surface area is 229 Å². The third-order valence-electron chi connectivity index (χ3n) is 5.23. The summed E-state index contributed by atoms with van der Waals surface area (Å²) in [5.41, 5.74) is 2.50. The Balaban J connectivity index is 0.00000164. The number of nitrogens with one attached hydrogen (secondary N) is 2. The first-order chi connectivity index (χ1) is 18.5. The molecule has 2 N–H and O–H groups in total. The molecule has 0 unspecified atom stereocenters. The lowest BCUT2D eigenvalue weighted by molar-refractivity contribution is 0.0958. The summed E-state index contributed by atoms with van der Waals surface area (Å²) >= 11 is 7.29. The number of aromatic nitrogens is 1. The predicted octanol–water partition coefficient (Wildman–Crippen LogP) is 6.69. The van der Waals surface area contributed by atoms with Crippen LogP contribution < -0.4 is 20.1 Å². The highest BCUT2D eigenvalue weighted by molar-refractivity contribution is 8.21. The van der Waals surface area contributed by atoms with Crippen LogP contribution in [-0.4, -0.2) is 35.8 Å². The molecule has 11 heteroatoms. The molecule has 8 nitrogen and oxygen atoms in total. The number of carbonyl (C=O) groups is 1. The number of pyridine rings is 1. The molecule has 3 aromatic rings. The Kier molecular flexibility index (Phi) is 8.98. The van der Waals surface area contributed by atoms with E-state index in [2.05, 4.69) is 25.6 Å². The SMILES string of the molecule is CC.CNC(=O)c1cc(Oc2ccc3c(c2)CN=C(Nc2ccc(Cl)c(C4=CCN=C(F)S4)c2)O3)ccn1. The van der Waals surface area contributed by atoms with Crippen LogP contribution in [0.2, 0.25) is 5.02 Å². The second-order valence-electron chi connectivity index (χ2n) is 7.63. The van der Waals surface area contributed by atoms with E-state index in [-0.39, 0.29) is 18.1 Å². The molecule has 0 saturated heterocycles. The Morgan fingerprint density at radius 3 is 2.71 bits per heavy atom. The van der Waals surface area contributed by atoms with Crippen molar-refractivity contribution in [1.29, 1.82) is 0 Å². The zero-order chi connectivity index (χ0) is 27.1. The fourth-order valence-electron chi connectivity index (χ4n) is 3.51. The molecule has 0 radical (unpaired) electrons. The van der Waals surface area contributed by atoms with Crippen LogP contribution in [0.15, 0.2) is 70.8 Å². The number of rotatable bonds is 5. The Morgan fingerprint density at radius 1 is 1.11 bits per heavy atom. The van der Waals surface area contributed by atoms with Crippen molar-refractivity contribution in [3.8, 4) is 17.2 Å².